The molecule has 0 radical (unpaired) electrons. The summed E-state index contributed by atoms with van der Waals surface area (Å²) < 4.78 is 5.86. The molecule has 24 heavy (non-hydrogen) atoms. The highest BCUT2D eigenvalue weighted by molar-refractivity contribution is 5.41. The second-order valence-corrected chi connectivity index (χ2v) is 6.48. The van der Waals surface area contributed by atoms with Crippen molar-refractivity contribution in [2.75, 3.05) is 14.1 Å². The molecule has 0 bridgehead atoms. The minimum atomic E-state index is -0.409. The molecule has 0 saturated heterocycles. The van der Waals surface area contributed by atoms with Gasteiger partial charge in [-0.15, -0.1) is 0 Å². The average molecular weight is 326 g/mol. The van der Waals surface area contributed by atoms with E-state index >= 15 is 0 Å². The Morgan fingerprint density at radius 1 is 1.00 bits per heavy atom. The Kier molecular flexibility index (Phi) is 4.81. The Morgan fingerprint density at radius 3 is 2.25 bits per heavy atom. The number of ether oxygens (including phenoxy) is 1. The number of hydrogen-bond donors (Lipinski definition) is 0. The Morgan fingerprint density at radius 2 is 1.62 bits per heavy atom. The summed E-state index contributed by atoms with van der Waals surface area (Å²) in [6, 6.07) is 13.0. The molecule has 1 aliphatic rings. The van der Waals surface area contributed by atoms with E-state index in [9.17, 15) is 10.1 Å². The van der Waals surface area contributed by atoms with Gasteiger partial charge in [0.2, 0.25) is 0 Å². The van der Waals surface area contributed by atoms with Crippen LogP contribution in [0, 0.1) is 10.1 Å². The van der Waals surface area contributed by atoms with E-state index in [4.69, 9.17) is 4.74 Å². The van der Waals surface area contributed by atoms with Crippen molar-refractivity contribution in [3.63, 3.8) is 0 Å². The smallest absolute Gasteiger partial charge is 0.269 e. The fourth-order valence-electron chi connectivity index (χ4n) is 3.22. The van der Waals surface area contributed by atoms with Gasteiger partial charge in [-0.25, -0.2) is 0 Å². The maximum absolute atomic E-state index is 10.7. The molecule has 0 heterocycles. The van der Waals surface area contributed by atoms with Crippen LogP contribution in [-0.2, 0) is 12.8 Å². The molecule has 2 aromatic rings. The highest BCUT2D eigenvalue weighted by Crippen LogP contribution is 2.29. The van der Waals surface area contributed by atoms with E-state index in [0.29, 0.717) is 11.8 Å². The number of non-ortho nitro benzene ring substituents is 1. The van der Waals surface area contributed by atoms with Gasteiger partial charge in [-0.2, -0.15) is 0 Å². The summed E-state index contributed by atoms with van der Waals surface area (Å²) in [7, 11) is 4.29. The minimum Gasteiger partial charge on any atom is -0.457 e. The molecule has 0 amide bonds. The molecule has 1 atom stereocenters. The van der Waals surface area contributed by atoms with E-state index in [1.165, 1.54) is 29.7 Å². The summed E-state index contributed by atoms with van der Waals surface area (Å²) >= 11 is 0. The van der Waals surface area contributed by atoms with E-state index in [1.807, 2.05) is 6.07 Å². The van der Waals surface area contributed by atoms with E-state index in [0.717, 1.165) is 25.0 Å². The van der Waals surface area contributed by atoms with Crippen molar-refractivity contribution in [1.29, 1.82) is 0 Å². The number of fused-ring (bicyclic) bond motifs is 1. The van der Waals surface area contributed by atoms with Crippen LogP contribution in [0.5, 0.6) is 11.5 Å². The number of nitro benzene ring substituents is 1. The molecular weight excluding hydrogens is 304 g/mol. The topological polar surface area (TPSA) is 55.6 Å². The molecule has 0 aromatic heterocycles. The molecule has 0 fully saturated rings. The summed E-state index contributed by atoms with van der Waals surface area (Å²) in [5, 5.41) is 10.7. The number of nitro groups is 1. The number of nitrogens with zero attached hydrogens (tertiary/aromatic N) is 2. The van der Waals surface area contributed by atoms with Gasteiger partial charge in [0.25, 0.3) is 5.69 Å². The summed E-state index contributed by atoms with van der Waals surface area (Å²) in [6.45, 7) is 0. The zero-order valence-electron chi connectivity index (χ0n) is 14.1. The van der Waals surface area contributed by atoms with Gasteiger partial charge < -0.3 is 9.64 Å². The van der Waals surface area contributed by atoms with E-state index in [1.54, 1.807) is 12.1 Å². The van der Waals surface area contributed by atoms with E-state index < -0.39 is 4.92 Å². The first-order valence-electron chi connectivity index (χ1n) is 8.23. The van der Waals surface area contributed by atoms with E-state index in [-0.39, 0.29) is 5.69 Å². The molecule has 0 N–H and O–H groups in total. The van der Waals surface area contributed by atoms with Crippen molar-refractivity contribution in [3.8, 4) is 11.5 Å². The average Bonchev–Trinajstić information content (AvgIpc) is 2.77. The van der Waals surface area contributed by atoms with Crippen LogP contribution < -0.4 is 4.74 Å². The highest BCUT2D eigenvalue weighted by Gasteiger charge is 2.18. The van der Waals surface area contributed by atoms with Crippen molar-refractivity contribution < 1.29 is 9.66 Å². The zero-order valence-corrected chi connectivity index (χ0v) is 14.1. The van der Waals surface area contributed by atoms with Gasteiger partial charge in [0.1, 0.15) is 11.5 Å². The normalized spacial score (nSPS) is 17.2. The lowest BCUT2D eigenvalue weighted by Crippen LogP contribution is -2.27. The zero-order chi connectivity index (χ0) is 17.1. The van der Waals surface area contributed by atoms with Gasteiger partial charge in [-0.1, -0.05) is 6.07 Å². The third-order valence-corrected chi connectivity index (χ3v) is 4.69. The van der Waals surface area contributed by atoms with Gasteiger partial charge >= 0.3 is 0 Å². The van der Waals surface area contributed by atoms with Crippen molar-refractivity contribution in [2.24, 2.45) is 0 Å². The summed E-state index contributed by atoms with van der Waals surface area (Å²) in [5.41, 5.74) is 2.81. The second-order valence-electron chi connectivity index (χ2n) is 6.48. The maximum Gasteiger partial charge on any atom is 0.269 e. The predicted molar refractivity (Wildman–Crippen MR) is 93.7 cm³/mol. The molecule has 0 aliphatic heterocycles. The number of hydrogen-bond acceptors (Lipinski definition) is 4. The Bertz CT molecular complexity index is 726. The quantitative estimate of drug-likeness (QED) is 0.480. The van der Waals surface area contributed by atoms with Crippen LogP contribution in [0.4, 0.5) is 5.69 Å². The molecule has 5 heteroatoms. The van der Waals surface area contributed by atoms with Crippen molar-refractivity contribution >= 4 is 5.69 Å². The lowest BCUT2D eigenvalue weighted by molar-refractivity contribution is -0.384. The molecule has 0 spiro atoms. The Hall–Kier alpha value is -2.40. The highest BCUT2D eigenvalue weighted by atomic mass is 16.6. The summed E-state index contributed by atoms with van der Waals surface area (Å²) in [4.78, 5) is 12.6. The molecule has 0 saturated carbocycles. The molecule has 2 aromatic carbocycles. The van der Waals surface area contributed by atoms with Crippen LogP contribution in [-0.4, -0.2) is 30.0 Å². The van der Waals surface area contributed by atoms with Crippen LogP contribution in [0.1, 0.15) is 24.0 Å². The molecule has 5 nitrogen and oxygen atoms in total. The Labute approximate surface area is 142 Å². The van der Waals surface area contributed by atoms with Crippen LogP contribution in [0.3, 0.4) is 0 Å². The van der Waals surface area contributed by atoms with Gasteiger partial charge in [0.15, 0.2) is 0 Å². The fourth-order valence-corrected chi connectivity index (χ4v) is 3.22. The first-order chi connectivity index (χ1) is 11.5. The SMILES string of the molecule is CN(C)C1CCc2ccc(Oc3ccc([N+](=O)[O-])cc3)cc2CC1. The van der Waals surface area contributed by atoms with Crippen molar-refractivity contribution in [1.82, 2.24) is 4.90 Å². The van der Waals surface area contributed by atoms with E-state index in [2.05, 4.69) is 31.1 Å². The van der Waals surface area contributed by atoms with Crippen molar-refractivity contribution in [3.05, 3.63) is 63.7 Å². The molecule has 126 valence electrons. The maximum atomic E-state index is 10.7. The lowest BCUT2D eigenvalue weighted by Gasteiger charge is -2.21. The molecular formula is C19H22N2O3. The minimum absolute atomic E-state index is 0.0685. The Balaban J connectivity index is 1.74. The van der Waals surface area contributed by atoms with Gasteiger partial charge in [-0.3, -0.25) is 10.1 Å². The third-order valence-electron chi connectivity index (χ3n) is 4.69. The number of aryl methyl sites for hydroxylation is 2. The lowest BCUT2D eigenvalue weighted by atomic mass is 10.0. The summed E-state index contributed by atoms with van der Waals surface area (Å²) in [6.07, 6.45) is 4.48. The standard InChI is InChI=1S/C19H22N2O3/c1-20(2)16-6-3-14-5-10-19(13-15(14)4-7-16)24-18-11-8-17(9-12-18)21(22)23/h5,8-13,16H,3-4,6-7H2,1-2H3. The third kappa shape index (κ3) is 3.74. The van der Waals surface area contributed by atoms with Gasteiger partial charge in [0, 0.05) is 18.2 Å². The van der Waals surface area contributed by atoms with Crippen LogP contribution in [0.15, 0.2) is 42.5 Å². The number of rotatable bonds is 4. The number of benzene rings is 2. The monoisotopic (exact) mass is 326 g/mol. The first kappa shape index (κ1) is 16.5. The van der Waals surface area contributed by atoms with Crippen LogP contribution in [0.25, 0.3) is 0 Å². The molecule has 3 rings (SSSR count). The van der Waals surface area contributed by atoms with Crippen LogP contribution >= 0.6 is 0 Å². The van der Waals surface area contributed by atoms with Gasteiger partial charge in [-0.05, 0) is 75.2 Å². The van der Waals surface area contributed by atoms with Crippen molar-refractivity contribution in [2.45, 2.75) is 31.7 Å². The van der Waals surface area contributed by atoms with Crippen LogP contribution in [0.2, 0.25) is 0 Å². The largest absolute Gasteiger partial charge is 0.457 e. The van der Waals surface area contributed by atoms with Gasteiger partial charge in [0.05, 0.1) is 4.92 Å². The predicted octanol–water partition coefficient (Wildman–Crippen LogP) is 4.20. The summed E-state index contributed by atoms with van der Waals surface area (Å²) in [5.74, 6) is 1.39. The molecule has 1 unspecified atom stereocenters. The molecule has 1 aliphatic carbocycles. The second kappa shape index (κ2) is 7.01. The fraction of sp³-hybridized carbons (Fsp3) is 0.368. The first-order valence-corrected chi connectivity index (χ1v) is 8.23.